The molecule has 1 saturated carbocycles. The van der Waals surface area contributed by atoms with Crippen molar-refractivity contribution in [2.24, 2.45) is 0 Å². The number of nitrogens with zero attached hydrogens (tertiary/aromatic N) is 4. The Morgan fingerprint density at radius 2 is 1.68 bits per heavy atom. The van der Waals surface area contributed by atoms with E-state index < -0.39 is 54.5 Å². The molecule has 2 aromatic heterocycles. The predicted molar refractivity (Wildman–Crippen MR) is 159 cm³/mol. The van der Waals surface area contributed by atoms with Crippen LogP contribution in [0.25, 0.3) is 5.69 Å². The van der Waals surface area contributed by atoms with Crippen LogP contribution in [0.4, 0.5) is 27.6 Å². The van der Waals surface area contributed by atoms with Crippen LogP contribution in [0.2, 0.25) is 10.0 Å². The highest BCUT2D eigenvalue weighted by atomic mass is 35.5. The van der Waals surface area contributed by atoms with Crippen molar-refractivity contribution in [2.75, 3.05) is 17.2 Å². The molecule has 0 amide bonds. The van der Waals surface area contributed by atoms with E-state index >= 15 is 0 Å². The van der Waals surface area contributed by atoms with Crippen molar-refractivity contribution < 1.29 is 48.1 Å². The first-order valence-corrected chi connectivity index (χ1v) is 17.5. The summed E-state index contributed by atoms with van der Waals surface area (Å²) < 4.78 is 119. The molecular weight excluding hydrogens is 724 g/mol. The maximum absolute atomic E-state index is 12.8. The molecule has 0 saturated heterocycles. The molecule has 47 heavy (non-hydrogen) atoms. The van der Waals surface area contributed by atoms with E-state index in [1.54, 1.807) is 0 Å². The van der Waals surface area contributed by atoms with Gasteiger partial charge in [0.2, 0.25) is 10.0 Å². The van der Waals surface area contributed by atoms with Crippen molar-refractivity contribution in [3.05, 3.63) is 85.3 Å². The molecule has 1 N–H and O–H groups in total. The number of alkyl halides is 5. The van der Waals surface area contributed by atoms with E-state index in [1.165, 1.54) is 19.2 Å². The molecule has 5 rings (SSSR count). The van der Waals surface area contributed by atoms with Gasteiger partial charge in [-0.1, -0.05) is 28.4 Å². The molecule has 1 fully saturated rings. The maximum atomic E-state index is 12.8. The zero-order valence-corrected chi connectivity index (χ0v) is 27.3. The molecule has 2 aromatic carbocycles. The number of nitrogens with one attached hydrogen (secondary N) is 1. The van der Waals surface area contributed by atoms with Crippen molar-refractivity contribution in [1.82, 2.24) is 19.5 Å². The lowest BCUT2D eigenvalue weighted by Gasteiger charge is -2.11. The summed E-state index contributed by atoms with van der Waals surface area (Å²) in [6, 6.07) is 4.36. The van der Waals surface area contributed by atoms with E-state index in [0.717, 1.165) is 37.5 Å². The Balaban J connectivity index is 0.000000213. The third-order valence-corrected chi connectivity index (χ3v) is 8.82. The van der Waals surface area contributed by atoms with Crippen LogP contribution < -0.4 is 10.4 Å². The highest BCUT2D eigenvalue weighted by Gasteiger charge is 2.36. The minimum atomic E-state index is -4.71. The number of ketones is 1. The quantitative estimate of drug-likeness (QED) is 0.178. The first-order valence-electron chi connectivity index (χ1n) is 12.9. The van der Waals surface area contributed by atoms with Crippen LogP contribution in [-0.4, -0.2) is 54.6 Å². The van der Waals surface area contributed by atoms with Crippen LogP contribution >= 0.6 is 23.2 Å². The molecule has 0 aliphatic heterocycles. The molecule has 0 radical (unpaired) electrons. The first-order chi connectivity index (χ1) is 21.6. The summed E-state index contributed by atoms with van der Waals surface area (Å²) >= 11 is 11.8. The number of rotatable bonds is 8. The molecular formula is C26H22Cl2F5N5O7S2. The lowest BCUT2D eigenvalue weighted by Crippen LogP contribution is -2.25. The zero-order chi connectivity index (χ0) is 35.2. The minimum Gasteiger partial charge on any atom is -0.360 e. The fourth-order valence-corrected chi connectivity index (χ4v) is 6.27. The van der Waals surface area contributed by atoms with E-state index in [9.17, 15) is 48.4 Å². The third-order valence-electron chi connectivity index (χ3n) is 6.48. The van der Waals surface area contributed by atoms with E-state index in [4.69, 9.17) is 27.7 Å². The fraction of sp³-hybridized carbons (Fsp3) is 0.308. The fourth-order valence-electron chi connectivity index (χ4n) is 4.23. The third kappa shape index (κ3) is 8.20. The molecule has 0 atom stereocenters. The van der Waals surface area contributed by atoms with E-state index in [1.807, 2.05) is 0 Å². The van der Waals surface area contributed by atoms with Gasteiger partial charge in [0.15, 0.2) is 21.4 Å². The maximum Gasteiger partial charge on any atom is 0.416 e. The van der Waals surface area contributed by atoms with Gasteiger partial charge in [0, 0.05) is 17.7 Å². The van der Waals surface area contributed by atoms with Crippen LogP contribution in [0, 0.1) is 6.92 Å². The van der Waals surface area contributed by atoms with Crippen LogP contribution in [0.5, 0.6) is 0 Å². The van der Waals surface area contributed by atoms with Gasteiger partial charge in [0.1, 0.15) is 5.82 Å². The monoisotopic (exact) mass is 745 g/mol. The Hall–Kier alpha value is -3.81. The molecule has 21 heteroatoms. The Kier molecular flexibility index (Phi) is 9.97. The van der Waals surface area contributed by atoms with E-state index in [0.29, 0.717) is 22.6 Å². The van der Waals surface area contributed by atoms with E-state index in [-0.39, 0.29) is 48.9 Å². The van der Waals surface area contributed by atoms with E-state index in [2.05, 4.69) is 15.0 Å². The van der Waals surface area contributed by atoms with Gasteiger partial charge in [-0.25, -0.2) is 26.2 Å². The summed E-state index contributed by atoms with van der Waals surface area (Å²) in [5.74, 6) is -0.553. The second-order valence-electron chi connectivity index (χ2n) is 10.2. The summed E-state index contributed by atoms with van der Waals surface area (Å²) in [6.45, 7) is -1.85. The van der Waals surface area contributed by atoms with Crippen molar-refractivity contribution in [1.29, 1.82) is 0 Å². The van der Waals surface area contributed by atoms with Gasteiger partial charge in [-0.2, -0.15) is 26.6 Å². The molecule has 254 valence electrons. The normalized spacial score (nSPS) is 13.8. The number of hydrogen-bond donors (Lipinski definition) is 1. The molecule has 1 aliphatic carbocycles. The predicted octanol–water partition coefficient (Wildman–Crippen LogP) is 5.62. The second kappa shape index (κ2) is 13.0. The van der Waals surface area contributed by atoms with Crippen LogP contribution in [-0.2, 0) is 26.0 Å². The summed E-state index contributed by atoms with van der Waals surface area (Å²) in [6.07, 6.45) is -0.242. The molecule has 2 heterocycles. The topological polar surface area (TPSA) is 163 Å². The standard InChI is InChI=1S/C15H12F3NO4S.C11H10Cl2F2N4O3S/c1-24(21,22)12-6-9(15(16,17)18)4-5-10(12)13(20)11-7-19-23-14(11)8-2-3-8;1-5-16-19(11(20)18(5)10(14)15)9-4-8(17-23(2,21)22)6(12)3-7(9)13/h4-8H,2-3H2,1H3;3-4,10,17H,1-2H3. The van der Waals surface area contributed by atoms with Crippen molar-refractivity contribution >= 4 is 54.5 Å². The van der Waals surface area contributed by atoms with Gasteiger partial charge in [-0.05, 0) is 50.1 Å². The van der Waals surface area contributed by atoms with Gasteiger partial charge in [0.05, 0.1) is 49.9 Å². The smallest absolute Gasteiger partial charge is 0.360 e. The number of sulfonamides is 1. The second-order valence-corrected chi connectivity index (χ2v) is 14.8. The number of sulfone groups is 1. The van der Waals surface area contributed by atoms with Crippen molar-refractivity contribution in [3.63, 3.8) is 0 Å². The van der Waals surface area contributed by atoms with Gasteiger partial charge in [-0.3, -0.25) is 9.52 Å². The van der Waals surface area contributed by atoms with Crippen LogP contribution in [0.1, 0.15) is 58.4 Å². The number of hydrogen-bond acceptors (Lipinski definition) is 9. The largest absolute Gasteiger partial charge is 0.416 e. The van der Waals surface area contributed by atoms with Gasteiger partial charge in [-0.15, -0.1) is 5.10 Å². The number of carbonyl (C=O) groups is 1. The SMILES string of the molecule is CS(=O)(=O)c1cc(C(F)(F)F)ccc1C(=O)c1cnoc1C1CC1.Cc1nn(-c2cc(NS(C)(=O)=O)c(Cl)cc2Cl)c(=O)n1C(F)F. The average molecular weight is 747 g/mol. The summed E-state index contributed by atoms with van der Waals surface area (Å²) in [7, 11) is -7.69. The molecule has 4 aromatic rings. The number of benzene rings is 2. The number of aromatic nitrogens is 4. The highest BCUT2D eigenvalue weighted by Crippen LogP contribution is 2.42. The van der Waals surface area contributed by atoms with Crippen LogP contribution in [0.3, 0.4) is 0 Å². The molecule has 0 bridgehead atoms. The lowest BCUT2D eigenvalue weighted by atomic mass is 10.0. The summed E-state index contributed by atoms with van der Waals surface area (Å²) in [5, 5.41) is 7.18. The summed E-state index contributed by atoms with van der Waals surface area (Å²) in [5.41, 5.74) is -2.64. The Labute approximate surface area is 273 Å². The molecule has 0 spiro atoms. The number of carbonyl (C=O) groups excluding carboxylic acids is 1. The van der Waals surface area contributed by atoms with Gasteiger partial charge in [0.25, 0.3) is 0 Å². The first kappa shape index (κ1) is 36.0. The highest BCUT2D eigenvalue weighted by molar-refractivity contribution is 7.92. The Bertz CT molecular complexity index is 2140. The Morgan fingerprint density at radius 1 is 1.04 bits per heavy atom. The number of aryl methyl sites for hydroxylation is 1. The molecule has 1 aliphatic rings. The molecule has 12 nitrogen and oxygen atoms in total. The van der Waals surface area contributed by atoms with Crippen molar-refractivity contribution in [3.8, 4) is 5.69 Å². The lowest BCUT2D eigenvalue weighted by molar-refractivity contribution is -0.137. The van der Waals surface area contributed by atoms with Crippen LogP contribution in [0.15, 0.2) is 50.7 Å². The minimum absolute atomic E-state index is 0.0257. The number of anilines is 1. The molecule has 0 unspecified atom stereocenters. The Morgan fingerprint density at radius 3 is 2.19 bits per heavy atom. The number of halogens is 7. The summed E-state index contributed by atoms with van der Waals surface area (Å²) in [4.78, 5) is 24.0. The van der Waals surface area contributed by atoms with Gasteiger partial charge >= 0.3 is 18.4 Å². The average Bonchev–Trinajstić information content (AvgIpc) is 3.58. The van der Waals surface area contributed by atoms with Gasteiger partial charge < -0.3 is 4.52 Å². The zero-order valence-electron chi connectivity index (χ0n) is 24.1. The van der Waals surface area contributed by atoms with Crippen molar-refractivity contribution in [2.45, 2.75) is 43.3 Å².